The molecule has 0 radical (unpaired) electrons. The molecule has 0 aliphatic heterocycles. The minimum atomic E-state index is -0.529. The van der Waals surface area contributed by atoms with Crippen molar-refractivity contribution in [1.29, 1.82) is 0 Å². The molecule has 0 saturated carbocycles. The Morgan fingerprint density at radius 2 is 2.62 bits per heavy atom. The largest absolute Gasteiger partial charge is 0.239 e. The van der Waals surface area contributed by atoms with Gasteiger partial charge in [0, 0.05) is 11.9 Å². The second-order valence-electron chi connectivity index (χ2n) is 1.59. The predicted octanol–water partition coefficient (Wildman–Crippen LogP) is 1.12. The number of nitrogens with zero attached hydrogens (tertiary/aromatic N) is 2. The number of aryl methyl sites for hydroxylation is 1. The Balaban J connectivity index is 2.92. The van der Waals surface area contributed by atoms with Gasteiger partial charge < -0.3 is 0 Å². The Morgan fingerprint density at radius 1 is 1.88 bits per heavy atom. The summed E-state index contributed by atoms with van der Waals surface area (Å²) in [7, 11) is 0. The third kappa shape index (κ3) is 0.710. The van der Waals surface area contributed by atoms with E-state index in [9.17, 15) is 4.39 Å². The Labute approximate surface area is 46.9 Å². The summed E-state index contributed by atoms with van der Waals surface area (Å²) in [6.07, 6.45) is 1.58. The van der Waals surface area contributed by atoms with Crippen molar-refractivity contribution in [3.8, 4) is 0 Å². The van der Waals surface area contributed by atoms with E-state index in [1.165, 1.54) is 4.68 Å². The number of halogens is 1. The van der Waals surface area contributed by atoms with Crippen LogP contribution >= 0.6 is 0 Å². The predicted molar refractivity (Wildman–Crippen MR) is 28.1 cm³/mol. The van der Waals surface area contributed by atoms with Crippen LogP contribution < -0.4 is 0 Å². The van der Waals surface area contributed by atoms with Crippen LogP contribution in [0.5, 0.6) is 0 Å². The number of hydrogen-bond acceptors (Lipinski definition) is 1. The van der Waals surface area contributed by atoms with Crippen molar-refractivity contribution in [2.45, 2.75) is 13.7 Å². The van der Waals surface area contributed by atoms with Crippen LogP contribution in [0.4, 0.5) is 4.39 Å². The molecule has 1 aromatic rings. The fraction of sp³-hybridized carbons (Fsp3) is 0.400. The summed E-state index contributed by atoms with van der Waals surface area (Å²) in [4.78, 5) is 0. The zero-order valence-electron chi connectivity index (χ0n) is 4.63. The topological polar surface area (TPSA) is 17.8 Å². The summed E-state index contributed by atoms with van der Waals surface area (Å²) in [6.45, 7) is 1.28. The van der Waals surface area contributed by atoms with Gasteiger partial charge in [-0.2, -0.15) is 5.10 Å². The van der Waals surface area contributed by atoms with Crippen molar-refractivity contribution in [3.05, 3.63) is 18.0 Å². The maximum absolute atomic E-state index is 11.7. The maximum Gasteiger partial charge on any atom is 0.181 e. The van der Waals surface area contributed by atoms with Gasteiger partial charge >= 0.3 is 0 Å². The number of hydrogen-bond donors (Lipinski definition) is 0. The molecular formula is C5H7FN2. The molecule has 0 aliphatic rings. The first-order valence-corrected chi connectivity index (χ1v) is 2.39. The molecule has 44 valence electrons. The minimum Gasteiger partial charge on any atom is -0.239 e. The molecule has 1 aromatic heterocycles. The van der Waals surface area contributed by atoms with E-state index in [2.05, 4.69) is 5.10 Å². The SMILES string of the molecule is Cc1ccnn1CF. The molecule has 0 N–H and O–H groups in total. The van der Waals surface area contributed by atoms with Crippen LogP contribution in [0, 0.1) is 6.92 Å². The highest BCUT2D eigenvalue weighted by molar-refractivity contribution is 4.95. The highest BCUT2D eigenvalue weighted by Crippen LogP contribution is 1.94. The van der Waals surface area contributed by atoms with E-state index in [4.69, 9.17) is 0 Å². The van der Waals surface area contributed by atoms with E-state index >= 15 is 0 Å². The smallest absolute Gasteiger partial charge is 0.181 e. The summed E-state index contributed by atoms with van der Waals surface area (Å²) in [6, 6.07) is 1.76. The van der Waals surface area contributed by atoms with Gasteiger partial charge in [0.1, 0.15) is 0 Å². The monoisotopic (exact) mass is 114 g/mol. The van der Waals surface area contributed by atoms with Gasteiger partial charge in [-0.1, -0.05) is 0 Å². The Bertz CT molecular complexity index is 171. The molecular weight excluding hydrogens is 107 g/mol. The van der Waals surface area contributed by atoms with Crippen molar-refractivity contribution in [2.24, 2.45) is 0 Å². The fourth-order valence-electron chi connectivity index (χ4n) is 0.524. The van der Waals surface area contributed by atoms with Gasteiger partial charge in [0.2, 0.25) is 0 Å². The first-order chi connectivity index (χ1) is 3.84. The summed E-state index contributed by atoms with van der Waals surface area (Å²) >= 11 is 0. The summed E-state index contributed by atoms with van der Waals surface area (Å²) in [5, 5.41) is 3.68. The normalized spacial score (nSPS) is 9.75. The van der Waals surface area contributed by atoms with Gasteiger partial charge in [0.15, 0.2) is 6.80 Å². The van der Waals surface area contributed by atoms with Crippen LogP contribution in [0.1, 0.15) is 5.69 Å². The first kappa shape index (κ1) is 5.28. The van der Waals surface area contributed by atoms with Gasteiger partial charge in [-0.25, -0.2) is 9.07 Å². The van der Waals surface area contributed by atoms with Crippen LogP contribution in [0.3, 0.4) is 0 Å². The summed E-state index contributed by atoms with van der Waals surface area (Å²) in [5.74, 6) is 0. The molecule has 0 spiro atoms. The van der Waals surface area contributed by atoms with Crippen molar-refractivity contribution in [1.82, 2.24) is 9.78 Å². The maximum atomic E-state index is 11.7. The fourth-order valence-corrected chi connectivity index (χ4v) is 0.524. The van der Waals surface area contributed by atoms with E-state index in [0.29, 0.717) is 0 Å². The lowest BCUT2D eigenvalue weighted by atomic mass is 10.5. The quantitative estimate of drug-likeness (QED) is 0.535. The molecule has 0 atom stereocenters. The second-order valence-corrected chi connectivity index (χ2v) is 1.59. The lowest BCUT2D eigenvalue weighted by molar-refractivity contribution is 0.344. The first-order valence-electron chi connectivity index (χ1n) is 2.39. The molecule has 0 saturated heterocycles. The minimum absolute atomic E-state index is 0.529. The number of aromatic nitrogens is 2. The van der Waals surface area contributed by atoms with E-state index < -0.39 is 6.80 Å². The van der Waals surface area contributed by atoms with Crippen molar-refractivity contribution < 1.29 is 4.39 Å². The van der Waals surface area contributed by atoms with Gasteiger partial charge in [0.25, 0.3) is 0 Å². The number of rotatable bonds is 1. The second kappa shape index (κ2) is 1.94. The van der Waals surface area contributed by atoms with E-state index in [-0.39, 0.29) is 0 Å². The van der Waals surface area contributed by atoms with Crippen LogP contribution in [0.15, 0.2) is 12.3 Å². The molecule has 0 fully saturated rings. The van der Waals surface area contributed by atoms with Crippen LogP contribution in [0.25, 0.3) is 0 Å². The van der Waals surface area contributed by atoms with Gasteiger partial charge in [0.05, 0.1) is 0 Å². The van der Waals surface area contributed by atoms with Crippen molar-refractivity contribution >= 4 is 0 Å². The Kier molecular flexibility index (Phi) is 1.28. The van der Waals surface area contributed by atoms with Crippen LogP contribution in [0.2, 0.25) is 0 Å². The average molecular weight is 114 g/mol. The van der Waals surface area contributed by atoms with Crippen molar-refractivity contribution in [3.63, 3.8) is 0 Å². The molecule has 3 heteroatoms. The molecule has 2 nitrogen and oxygen atoms in total. The zero-order valence-corrected chi connectivity index (χ0v) is 4.63. The third-order valence-electron chi connectivity index (χ3n) is 1.04. The van der Waals surface area contributed by atoms with Gasteiger partial charge in [-0.15, -0.1) is 0 Å². The molecule has 1 heterocycles. The standard InChI is InChI=1S/C5H7FN2/c1-5-2-3-7-8(5)4-6/h2-3H,4H2,1H3. The molecule has 8 heavy (non-hydrogen) atoms. The van der Waals surface area contributed by atoms with Crippen LogP contribution in [-0.2, 0) is 6.80 Å². The average Bonchev–Trinajstić information content (AvgIpc) is 2.14. The van der Waals surface area contributed by atoms with Gasteiger partial charge in [-0.05, 0) is 13.0 Å². The summed E-state index contributed by atoms with van der Waals surface area (Å²) < 4.78 is 13.0. The Hall–Kier alpha value is -0.860. The molecule has 0 aromatic carbocycles. The lowest BCUT2D eigenvalue weighted by Crippen LogP contribution is -1.96. The van der Waals surface area contributed by atoms with E-state index in [0.717, 1.165) is 5.69 Å². The Morgan fingerprint density at radius 3 is 2.88 bits per heavy atom. The zero-order chi connectivity index (χ0) is 5.98. The summed E-state index contributed by atoms with van der Waals surface area (Å²) in [5.41, 5.74) is 0.854. The molecule has 0 unspecified atom stereocenters. The molecule has 1 rings (SSSR count). The lowest BCUT2D eigenvalue weighted by Gasteiger charge is -1.92. The third-order valence-corrected chi connectivity index (χ3v) is 1.04. The molecule has 0 amide bonds. The van der Waals surface area contributed by atoms with Gasteiger partial charge in [-0.3, -0.25) is 0 Å². The van der Waals surface area contributed by atoms with E-state index in [1.807, 2.05) is 6.92 Å². The highest BCUT2D eigenvalue weighted by Gasteiger charge is 1.90. The van der Waals surface area contributed by atoms with Crippen molar-refractivity contribution in [2.75, 3.05) is 0 Å². The molecule has 0 aliphatic carbocycles. The highest BCUT2D eigenvalue weighted by atomic mass is 19.1. The van der Waals surface area contributed by atoms with E-state index in [1.54, 1.807) is 12.3 Å². The number of alkyl halides is 1. The van der Waals surface area contributed by atoms with Crippen LogP contribution in [-0.4, -0.2) is 9.78 Å². The molecule has 0 bridgehead atoms.